The van der Waals surface area contributed by atoms with Crippen molar-refractivity contribution in [3.05, 3.63) is 69.3 Å². The van der Waals surface area contributed by atoms with Crippen LogP contribution < -0.4 is 10.2 Å². The van der Waals surface area contributed by atoms with E-state index in [9.17, 15) is 10.1 Å². The van der Waals surface area contributed by atoms with Crippen LogP contribution in [0.1, 0.15) is 16.7 Å². The van der Waals surface area contributed by atoms with Gasteiger partial charge in [0.1, 0.15) is 5.75 Å². The number of ether oxygens (including phenoxy) is 1. The predicted octanol–water partition coefficient (Wildman–Crippen LogP) is 3.51. The number of methoxy groups -OCH3 is 1. The Bertz CT molecular complexity index is 879. The number of hydrazone groups is 1. The standard InChI is InChI=1S/C18H18N4O3S/c1-12-3-6-14(9-17(12)22(23)24)16-11-26-18(21-20-16)19-10-13-4-7-15(25-2)8-5-13/h3-9H,10-11H2,1-2H3,(H,19,21). The minimum atomic E-state index is -0.371. The summed E-state index contributed by atoms with van der Waals surface area (Å²) < 4.78 is 5.14. The largest absolute Gasteiger partial charge is 0.497 e. The first-order chi connectivity index (χ1) is 12.6. The van der Waals surface area contributed by atoms with E-state index in [1.54, 1.807) is 26.2 Å². The van der Waals surface area contributed by atoms with Gasteiger partial charge in [0.25, 0.3) is 5.69 Å². The van der Waals surface area contributed by atoms with Crippen molar-refractivity contribution in [2.75, 3.05) is 12.9 Å². The summed E-state index contributed by atoms with van der Waals surface area (Å²) in [5.74, 6) is 1.42. The fourth-order valence-corrected chi connectivity index (χ4v) is 3.20. The smallest absolute Gasteiger partial charge is 0.272 e. The number of hydrogen-bond donors (Lipinski definition) is 1. The third-order valence-electron chi connectivity index (χ3n) is 3.94. The van der Waals surface area contributed by atoms with Gasteiger partial charge in [-0.25, -0.2) is 0 Å². The molecule has 134 valence electrons. The van der Waals surface area contributed by atoms with Crippen LogP contribution in [0.4, 0.5) is 5.69 Å². The number of aryl methyl sites for hydroxylation is 1. The molecule has 2 aromatic carbocycles. The number of rotatable bonds is 5. The molecule has 0 fully saturated rings. The van der Waals surface area contributed by atoms with Gasteiger partial charge in [-0.05, 0) is 24.6 Å². The van der Waals surface area contributed by atoms with Crippen molar-refractivity contribution in [1.29, 1.82) is 0 Å². The van der Waals surface area contributed by atoms with Crippen LogP contribution in [0.15, 0.2) is 52.6 Å². The summed E-state index contributed by atoms with van der Waals surface area (Å²) in [4.78, 5) is 15.2. The lowest BCUT2D eigenvalue weighted by atomic mass is 10.1. The number of hydrogen-bond acceptors (Lipinski definition) is 6. The molecule has 0 amide bonds. The number of amidine groups is 1. The average molecular weight is 370 g/mol. The molecule has 0 atom stereocenters. The van der Waals surface area contributed by atoms with E-state index in [-0.39, 0.29) is 10.6 Å². The molecule has 0 bridgehead atoms. The highest BCUT2D eigenvalue weighted by molar-refractivity contribution is 8.14. The second-order valence-electron chi connectivity index (χ2n) is 5.69. The van der Waals surface area contributed by atoms with E-state index in [1.807, 2.05) is 30.3 Å². The lowest BCUT2D eigenvalue weighted by molar-refractivity contribution is -0.385. The van der Waals surface area contributed by atoms with E-state index in [2.05, 4.69) is 15.5 Å². The number of benzene rings is 2. The summed E-state index contributed by atoms with van der Waals surface area (Å²) in [6.07, 6.45) is 0. The summed E-state index contributed by atoms with van der Waals surface area (Å²) in [6, 6.07) is 12.9. The van der Waals surface area contributed by atoms with E-state index in [1.165, 1.54) is 11.8 Å². The van der Waals surface area contributed by atoms with Gasteiger partial charge >= 0.3 is 0 Å². The maximum Gasteiger partial charge on any atom is 0.272 e. The van der Waals surface area contributed by atoms with Crippen LogP contribution in [-0.4, -0.2) is 28.7 Å². The van der Waals surface area contributed by atoms with Crippen LogP contribution in [-0.2, 0) is 6.54 Å². The number of nitro groups is 1. The highest BCUT2D eigenvalue weighted by Gasteiger charge is 2.17. The predicted molar refractivity (Wildman–Crippen MR) is 104 cm³/mol. The van der Waals surface area contributed by atoms with Crippen molar-refractivity contribution in [2.24, 2.45) is 10.1 Å². The zero-order chi connectivity index (χ0) is 18.5. The van der Waals surface area contributed by atoms with Gasteiger partial charge in [-0.15, -0.1) is 0 Å². The Labute approximate surface area is 155 Å². The Kier molecular flexibility index (Phi) is 5.52. The Morgan fingerprint density at radius 1 is 1.31 bits per heavy atom. The van der Waals surface area contributed by atoms with Crippen LogP contribution in [0.3, 0.4) is 0 Å². The molecule has 0 radical (unpaired) electrons. The summed E-state index contributed by atoms with van der Waals surface area (Å²) >= 11 is 1.53. The molecule has 1 aliphatic rings. The van der Waals surface area contributed by atoms with Gasteiger partial charge in [0.15, 0.2) is 5.17 Å². The molecule has 0 aliphatic carbocycles. The van der Waals surface area contributed by atoms with Crippen LogP contribution in [0.5, 0.6) is 5.75 Å². The van der Waals surface area contributed by atoms with Gasteiger partial charge < -0.3 is 4.74 Å². The molecule has 0 saturated carbocycles. The van der Waals surface area contributed by atoms with E-state index in [0.717, 1.165) is 27.8 Å². The first-order valence-electron chi connectivity index (χ1n) is 7.95. The number of nitrogens with one attached hydrogen (secondary N) is 1. The SMILES string of the molecule is COc1ccc(CN=C2NN=C(c3ccc(C)c([N+](=O)[O-])c3)CS2)cc1. The molecule has 1 N–H and O–H groups in total. The maximum absolute atomic E-state index is 11.1. The third-order valence-corrected chi connectivity index (χ3v) is 4.85. The van der Waals surface area contributed by atoms with Gasteiger partial charge in [0, 0.05) is 22.9 Å². The molecule has 1 aliphatic heterocycles. The quantitative estimate of drug-likeness (QED) is 0.643. The van der Waals surface area contributed by atoms with E-state index in [4.69, 9.17) is 4.74 Å². The number of nitro benzene ring substituents is 1. The van der Waals surface area contributed by atoms with E-state index >= 15 is 0 Å². The zero-order valence-electron chi connectivity index (χ0n) is 14.4. The highest BCUT2D eigenvalue weighted by Crippen LogP contribution is 2.22. The van der Waals surface area contributed by atoms with Crippen molar-refractivity contribution >= 4 is 28.3 Å². The topological polar surface area (TPSA) is 89.1 Å². The normalized spacial score (nSPS) is 15.3. The molecule has 8 heteroatoms. The molecular weight excluding hydrogens is 352 g/mol. The monoisotopic (exact) mass is 370 g/mol. The Morgan fingerprint density at radius 2 is 2.08 bits per heavy atom. The minimum Gasteiger partial charge on any atom is -0.497 e. The highest BCUT2D eigenvalue weighted by atomic mass is 32.2. The molecule has 0 spiro atoms. The fourth-order valence-electron chi connectivity index (χ4n) is 2.43. The van der Waals surface area contributed by atoms with Crippen molar-refractivity contribution in [3.63, 3.8) is 0 Å². The van der Waals surface area contributed by atoms with E-state index in [0.29, 0.717) is 17.9 Å². The minimum absolute atomic E-state index is 0.106. The molecule has 3 rings (SSSR count). The second-order valence-corrected chi connectivity index (χ2v) is 6.65. The molecule has 0 unspecified atom stereocenters. The molecule has 7 nitrogen and oxygen atoms in total. The van der Waals surface area contributed by atoms with Crippen molar-refractivity contribution in [3.8, 4) is 5.75 Å². The van der Waals surface area contributed by atoms with Gasteiger partial charge in [0.2, 0.25) is 0 Å². The molecule has 1 heterocycles. The first kappa shape index (κ1) is 17.9. The zero-order valence-corrected chi connectivity index (χ0v) is 15.2. The van der Waals surface area contributed by atoms with Crippen LogP contribution in [0, 0.1) is 17.0 Å². The van der Waals surface area contributed by atoms with Crippen LogP contribution in [0.25, 0.3) is 0 Å². The Morgan fingerprint density at radius 3 is 2.69 bits per heavy atom. The maximum atomic E-state index is 11.1. The van der Waals surface area contributed by atoms with Gasteiger partial charge in [-0.1, -0.05) is 36.0 Å². The summed E-state index contributed by atoms with van der Waals surface area (Å²) in [6.45, 7) is 2.27. The summed E-state index contributed by atoms with van der Waals surface area (Å²) in [7, 11) is 1.63. The average Bonchev–Trinajstić information content (AvgIpc) is 2.67. The van der Waals surface area contributed by atoms with Crippen LogP contribution >= 0.6 is 11.8 Å². The number of thioether (sulfide) groups is 1. The van der Waals surface area contributed by atoms with Crippen molar-refractivity contribution in [1.82, 2.24) is 5.43 Å². The molecule has 2 aromatic rings. The van der Waals surface area contributed by atoms with Crippen LogP contribution in [0.2, 0.25) is 0 Å². The number of aliphatic imine (C=N–C) groups is 1. The second kappa shape index (κ2) is 8.01. The van der Waals surface area contributed by atoms with Gasteiger partial charge in [0.05, 0.1) is 24.3 Å². The molecule has 0 saturated heterocycles. The summed E-state index contributed by atoms with van der Waals surface area (Å²) in [5, 5.41) is 16.1. The third kappa shape index (κ3) is 4.20. The van der Waals surface area contributed by atoms with Crippen molar-refractivity contribution < 1.29 is 9.66 Å². The lowest BCUT2D eigenvalue weighted by Gasteiger charge is -2.15. The van der Waals surface area contributed by atoms with Crippen molar-refractivity contribution in [2.45, 2.75) is 13.5 Å². The first-order valence-corrected chi connectivity index (χ1v) is 8.93. The fraction of sp³-hybridized carbons (Fsp3) is 0.222. The molecular formula is C18H18N4O3S. The van der Waals surface area contributed by atoms with Gasteiger partial charge in [-0.2, -0.15) is 5.10 Å². The summed E-state index contributed by atoms with van der Waals surface area (Å²) in [5.41, 5.74) is 6.26. The van der Waals surface area contributed by atoms with Gasteiger partial charge in [-0.3, -0.25) is 20.5 Å². The Hall–Kier alpha value is -2.87. The molecule has 0 aromatic heterocycles. The Balaban J connectivity index is 1.67. The van der Waals surface area contributed by atoms with E-state index < -0.39 is 0 Å². The lowest BCUT2D eigenvalue weighted by Crippen LogP contribution is -2.25. The molecule has 26 heavy (non-hydrogen) atoms. The number of nitrogens with zero attached hydrogens (tertiary/aromatic N) is 3.